The van der Waals surface area contributed by atoms with Crippen LogP contribution in [0.15, 0.2) is 27.4 Å². The number of thiophene rings is 1. The normalized spacial score (nSPS) is 10.6. The lowest BCUT2D eigenvalue weighted by Gasteiger charge is -1.91. The van der Waals surface area contributed by atoms with E-state index in [1.54, 1.807) is 17.5 Å². The molecule has 0 saturated carbocycles. The zero-order chi connectivity index (χ0) is 9.80. The van der Waals surface area contributed by atoms with Crippen LogP contribution in [0.2, 0.25) is 0 Å². The van der Waals surface area contributed by atoms with Crippen LogP contribution in [-0.4, -0.2) is 10.9 Å². The van der Waals surface area contributed by atoms with Crippen LogP contribution >= 0.6 is 22.9 Å². The summed E-state index contributed by atoms with van der Waals surface area (Å²) in [6.07, 6.45) is 3.49. The highest BCUT2D eigenvalue weighted by molar-refractivity contribution is 7.08. The van der Waals surface area contributed by atoms with Crippen molar-refractivity contribution in [1.82, 2.24) is 4.98 Å². The van der Waals surface area contributed by atoms with Crippen LogP contribution in [0.3, 0.4) is 0 Å². The topological polar surface area (TPSA) is 26.0 Å². The van der Waals surface area contributed by atoms with Crippen molar-refractivity contribution in [1.29, 1.82) is 0 Å². The molecule has 74 valence electrons. The van der Waals surface area contributed by atoms with E-state index in [4.69, 9.17) is 16.0 Å². The van der Waals surface area contributed by atoms with E-state index in [9.17, 15) is 0 Å². The van der Waals surface area contributed by atoms with Crippen molar-refractivity contribution in [3.05, 3.63) is 28.9 Å². The van der Waals surface area contributed by atoms with Crippen LogP contribution in [0.5, 0.6) is 0 Å². The average molecular weight is 228 g/mol. The minimum atomic E-state index is 0.649. The molecule has 2 aromatic rings. The molecule has 0 aliphatic rings. The van der Waals surface area contributed by atoms with E-state index in [-0.39, 0.29) is 0 Å². The van der Waals surface area contributed by atoms with Gasteiger partial charge in [-0.3, -0.25) is 0 Å². The molecule has 0 bridgehead atoms. The van der Waals surface area contributed by atoms with E-state index < -0.39 is 0 Å². The molecule has 2 nitrogen and oxygen atoms in total. The van der Waals surface area contributed by atoms with Gasteiger partial charge in [0.15, 0.2) is 11.7 Å². The lowest BCUT2D eigenvalue weighted by molar-refractivity contribution is 0.503. The fraction of sp³-hybridized carbons (Fsp3) is 0.300. The second kappa shape index (κ2) is 4.62. The summed E-state index contributed by atoms with van der Waals surface area (Å²) in [6.45, 7) is 0. The first-order valence-corrected chi connectivity index (χ1v) is 5.91. The first-order valence-electron chi connectivity index (χ1n) is 4.43. The number of halogens is 1. The zero-order valence-electron chi connectivity index (χ0n) is 7.57. The smallest absolute Gasteiger partial charge is 0.194 e. The summed E-state index contributed by atoms with van der Waals surface area (Å²) in [7, 11) is 0. The quantitative estimate of drug-likeness (QED) is 0.747. The molecule has 2 rings (SSSR count). The van der Waals surface area contributed by atoms with Crippen molar-refractivity contribution >= 4 is 22.9 Å². The Morgan fingerprint density at radius 2 is 2.43 bits per heavy atom. The Bertz CT molecular complexity index is 382. The molecule has 4 heteroatoms. The predicted molar refractivity (Wildman–Crippen MR) is 58.9 cm³/mol. The summed E-state index contributed by atoms with van der Waals surface area (Å²) in [5.74, 6) is 2.26. The van der Waals surface area contributed by atoms with Crippen LogP contribution in [0.25, 0.3) is 11.3 Å². The Morgan fingerprint density at radius 1 is 1.50 bits per heavy atom. The Morgan fingerprint density at radius 3 is 3.14 bits per heavy atom. The van der Waals surface area contributed by atoms with Crippen molar-refractivity contribution in [3.63, 3.8) is 0 Å². The Hall–Kier alpha value is -0.800. The predicted octanol–water partition coefficient (Wildman–Crippen LogP) is 3.57. The second-order valence-electron chi connectivity index (χ2n) is 2.92. The van der Waals surface area contributed by atoms with Gasteiger partial charge in [0, 0.05) is 23.2 Å². The fourth-order valence-corrected chi connectivity index (χ4v) is 1.96. The molecule has 0 amide bonds. The molecule has 0 spiro atoms. The van der Waals surface area contributed by atoms with Crippen molar-refractivity contribution in [2.45, 2.75) is 12.8 Å². The standard InChI is InChI=1S/C10H10ClNOS/c11-4-1-2-10-12-6-9(13-10)8-3-5-14-7-8/h3,5-7H,1-2,4H2. The van der Waals surface area contributed by atoms with Crippen molar-refractivity contribution in [2.24, 2.45) is 0 Å². The molecule has 0 unspecified atom stereocenters. The molecular weight excluding hydrogens is 218 g/mol. The van der Waals surface area contributed by atoms with E-state index in [2.05, 4.69) is 4.98 Å². The van der Waals surface area contributed by atoms with Crippen LogP contribution < -0.4 is 0 Å². The molecule has 2 heterocycles. The average Bonchev–Trinajstić information content (AvgIpc) is 2.85. The molecule has 0 radical (unpaired) electrons. The molecule has 0 atom stereocenters. The molecule has 0 N–H and O–H groups in total. The minimum Gasteiger partial charge on any atom is -0.441 e. The Balaban J connectivity index is 2.10. The molecular formula is C10H10ClNOS. The Labute approximate surface area is 91.5 Å². The second-order valence-corrected chi connectivity index (χ2v) is 4.08. The molecule has 2 aromatic heterocycles. The first kappa shape index (κ1) is 9.74. The number of rotatable bonds is 4. The molecule has 0 aliphatic carbocycles. The van der Waals surface area contributed by atoms with Gasteiger partial charge in [-0.15, -0.1) is 11.6 Å². The molecule has 14 heavy (non-hydrogen) atoms. The largest absolute Gasteiger partial charge is 0.441 e. The van der Waals surface area contributed by atoms with E-state index in [1.807, 2.05) is 16.8 Å². The number of hydrogen-bond acceptors (Lipinski definition) is 3. The summed E-state index contributed by atoms with van der Waals surface area (Å²) in [6, 6.07) is 2.02. The van der Waals surface area contributed by atoms with Crippen molar-refractivity contribution in [3.8, 4) is 11.3 Å². The Kier molecular flexibility index (Phi) is 3.22. The number of oxazole rings is 1. The number of alkyl halides is 1. The van der Waals surface area contributed by atoms with Gasteiger partial charge in [-0.1, -0.05) is 0 Å². The van der Waals surface area contributed by atoms with Gasteiger partial charge in [0.25, 0.3) is 0 Å². The van der Waals surface area contributed by atoms with E-state index in [0.29, 0.717) is 5.88 Å². The summed E-state index contributed by atoms with van der Waals surface area (Å²) in [4.78, 5) is 4.19. The molecule has 0 aromatic carbocycles. The van der Waals surface area contributed by atoms with Gasteiger partial charge in [0.05, 0.1) is 6.20 Å². The molecule has 0 saturated heterocycles. The van der Waals surface area contributed by atoms with Gasteiger partial charge in [-0.05, 0) is 17.9 Å². The fourth-order valence-electron chi connectivity index (χ4n) is 1.18. The lowest BCUT2D eigenvalue weighted by Crippen LogP contribution is -1.84. The lowest BCUT2D eigenvalue weighted by atomic mass is 10.3. The summed E-state index contributed by atoms with van der Waals surface area (Å²) < 4.78 is 5.57. The maximum atomic E-state index is 5.59. The minimum absolute atomic E-state index is 0.649. The van der Waals surface area contributed by atoms with E-state index >= 15 is 0 Å². The van der Waals surface area contributed by atoms with Gasteiger partial charge in [-0.2, -0.15) is 11.3 Å². The zero-order valence-corrected chi connectivity index (χ0v) is 9.14. The van der Waals surface area contributed by atoms with Gasteiger partial charge in [0.2, 0.25) is 0 Å². The third-order valence-electron chi connectivity index (χ3n) is 1.88. The maximum Gasteiger partial charge on any atom is 0.194 e. The number of aryl methyl sites for hydroxylation is 1. The van der Waals surface area contributed by atoms with Gasteiger partial charge in [0.1, 0.15) is 0 Å². The maximum absolute atomic E-state index is 5.59. The van der Waals surface area contributed by atoms with Gasteiger partial charge >= 0.3 is 0 Å². The SMILES string of the molecule is ClCCCc1ncc(-c2ccsc2)o1. The first-order chi connectivity index (χ1) is 6.90. The molecule has 0 aliphatic heterocycles. The van der Waals surface area contributed by atoms with Crippen molar-refractivity contribution in [2.75, 3.05) is 5.88 Å². The highest BCUT2D eigenvalue weighted by atomic mass is 35.5. The van der Waals surface area contributed by atoms with Gasteiger partial charge < -0.3 is 4.42 Å². The summed E-state index contributed by atoms with van der Waals surface area (Å²) >= 11 is 7.24. The van der Waals surface area contributed by atoms with Crippen LogP contribution in [0.1, 0.15) is 12.3 Å². The van der Waals surface area contributed by atoms with Crippen LogP contribution in [0, 0.1) is 0 Å². The molecule has 0 fully saturated rings. The van der Waals surface area contributed by atoms with Crippen LogP contribution in [0.4, 0.5) is 0 Å². The number of hydrogen-bond donors (Lipinski definition) is 0. The third kappa shape index (κ3) is 2.16. The van der Waals surface area contributed by atoms with E-state index in [0.717, 1.165) is 30.1 Å². The highest BCUT2D eigenvalue weighted by Crippen LogP contribution is 2.23. The van der Waals surface area contributed by atoms with Gasteiger partial charge in [-0.25, -0.2) is 4.98 Å². The van der Waals surface area contributed by atoms with Crippen molar-refractivity contribution < 1.29 is 4.42 Å². The third-order valence-corrected chi connectivity index (χ3v) is 2.83. The number of aromatic nitrogens is 1. The number of nitrogens with zero attached hydrogens (tertiary/aromatic N) is 1. The van der Waals surface area contributed by atoms with E-state index in [1.165, 1.54) is 0 Å². The summed E-state index contributed by atoms with van der Waals surface area (Å²) in [5.41, 5.74) is 1.10. The monoisotopic (exact) mass is 227 g/mol. The highest BCUT2D eigenvalue weighted by Gasteiger charge is 2.05. The van der Waals surface area contributed by atoms with Crippen LogP contribution in [-0.2, 0) is 6.42 Å². The summed E-state index contributed by atoms with van der Waals surface area (Å²) in [5, 5.41) is 4.07.